The van der Waals surface area contributed by atoms with Crippen LogP contribution in [0.1, 0.15) is 32.3 Å². The molecule has 0 saturated heterocycles. The van der Waals surface area contributed by atoms with Crippen LogP contribution in [0.15, 0.2) is 18.2 Å². The summed E-state index contributed by atoms with van der Waals surface area (Å²) < 4.78 is 0. The summed E-state index contributed by atoms with van der Waals surface area (Å²) in [4.78, 5) is 25.7. The molecule has 0 spiro atoms. The van der Waals surface area contributed by atoms with E-state index in [9.17, 15) is 9.59 Å². The van der Waals surface area contributed by atoms with Crippen molar-refractivity contribution in [2.24, 2.45) is 0 Å². The summed E-state index contributed by atoms with van der Waals surface area (Å²) >= 11 is 11.9. The average molecular weight is 331 g/mol. The third-order valence-corrected chi connectivity index (χ3v) is 4.01. The van der Waals surface area contributed by atoms with Crippen molar-refractivity contribution in [1.82, 2.24) is 10.2 Å². The Morgan fingerprint density at radius 3 is 2.38 bits per heavy atom. The van der Waals surface area contributed by atoms with Crippen molar-refractivity contribution >= 4 is 35.0 Å². The van der Waals surface area contributed by atoms with E-state index in [2.05, 4.69) is 5.32 Å². The second-order valence-corrected chi connectivity index (χ2v) is 5.48. The molecule has 0 fully saturated rings. The predicted octanol–water partition coefficient (Wildman–Crippen LogP) is 3.26. The smallest absolute Gasteiger partial charge is 0.242 e. The molecule has 116 valence electrons. The van der Waals surface area contributed by atoms with Gasteiger partial charge in [0.2, 0.25) is 11.8 Å². The second-order valence-electron chi connectivity index (χ2n) is 4.66. The maximum absolute atomic E-state index is 12.2. The largest absolute Gasteiger partial charge is 0.357 e. The summed E-state index contributed by atoms with van der Waals surface area (Å²) in [6.45, 7) is 3.99. The third kappa shape index (κ3) is 4.61. The maximum Gasteiger partial charge on any atom is 0.242 e. The van der Waals surface area contributed by atoms with Crippen LogP contribution in [0.25, 0.3) is 0 Å². The summed E-state index contributed by atoms with van der Waals surface area (Å²) in [6, 6.07) is 4.73. The molecule has 0 aliphatic rings. The number of likely N-dealkylation sites (N-methyl/N-ethyl adjacent to an activating group) is 1. The Kier molecular flexibility index (Phi) is 6.99. The van der Waals surface area contributed by atoms with Gasteiger partial charge in [-0.2, -0.15) is 0 Å². The van der Waals surface area contributed by atoms with Crippen molar-refractivity contribution in [3.63, 3.8) is 0 Å². The van der Waals surface area contributed by atoms with Gasteiger partial charge in [-0.05, 0) is 24.1 Å². The minimum Gasteiger partial charge on any atom is -0.357 e. The Labute approximate surface area is 135 Å². The first kappa shape index (κ1) is 17.8. The summed E-state index contributed by atoms with van der Waals surface area (Å²) in [5.74, 6) is -0.240. The molecule has 21 heavy (non-hydrogen) atoms. The van der Waals surface area contributed by atoms with Crippen molar-refractivity contribution in [1.29, 1.82) is 0 Å². The lowest BCUT2D eigenvalue weighted by molar-refractivity contribution is -0.141. The van der Waals surface area contributed by atoms with E-state index in [1.54, 1.807) is 37.1 Å². The van der Waals surface area contributed by atoms with Gasteiger partial charge in [-0.3, -0.25) is 9.59 Å². The highest BCUT2D eigenvalue weighted by molar-refractivity contribution is 6.42. The van der Waals surface area contributed by atoms with Crippen LogP contribution < -0.4 is 5.32 Å². The van der Waals surface area contributed by atoms with E-state index in [-0.39, 0.29) is 11.8 Å². The minimum atomic E-state index is -0.489. The van der Waals surface area contributed by atoms with Crippen LogP contribution >= 0.6 is 23.2 Å². The predicted molar refractivity (Wildman–Crippen MR) is 85.4 cm³/mol. The minimum absolute atomic E-state index is 0.0727. The fourth-order valence-corrected chi connectivity index (χ4v) is 2.44. The Morgan fingerprint density at radius 1 is 1.24 bits per heavy atom. The van der Waals surface area contributed by atoms with Gasteiger partial charge < -0.3 is 10.2 Å². The highest BCUT2D eigenvalue weighted by Crippen LogP contribution is 2.24. The molecule has 1 rings (SSSR count). The zero-order valence-electron chi connectivity index (χ0n) is 12.5. The first-order valence-corrected chi connectivity index (χ1v) is 7.65. The van der Waals surface area contributed by atoms with Gasteiger partial charge in [0.25, 0.3) is 0 Å². The highest BCUT2D eigenvalue weighted by atomic mass is 35.5. The topological polar surface area (TPSA) is 49.4 Å². The lowest BCUT2D eigenvalue weighted by Gasteiger charge is -2.30. The average Bonchev–Trinajstić information content (AvgIpc) is 2.49. The molecule has 4 nitrogen and oxygen atoms in total. The van der Waals surface area contributed by atoms with E-state index in [1.165, 1.54) is 0 Å². The summed E-state index contributed by atoms with van der Waals surface area (Å²) in [5, 5.41) is 3.50. The number of nitrogens with zero attached hydrogens (tertiary/aromatic N) is 1. The van der Waals surface area contributed by atoms with Gasteiger partial charge in [0.1, 0.15) is 6.04 Å². The van der Waals surface area contributed by atoms with Gasteiger partial charge in [-0.15, -0.1) is 0 Å². The molecule has 0 aliphatic heterocycles. The molecular weight excluding hydrogens is 311 g/mol. The molecule has 0 heterocycles. The first-order valence-electron chi connectivity index (χ1n) is 6.89. The maximum atomic E-state index is 12.2. The number of hydrogen-bond donors (Lipinski definition) is 1. The molecule has 1 aromatic carbocycles. The van der Waals surface area contributed by atoms with Crippen LogP contribution in [0.5, 0.6) is 0 Å². The molecule has 0 aliphatic carbocycles. The van der Waals surface area contributed by atoms with Crippen molar-refractivity contribution < 1.29 is 9.59 Å². The van der Waals surface area contributed by atoms with Gasteiger partial charge in [0, 0.05) is 20.0 Å². The standard InChI is InChI=1S/C15H20Cl2N2O2/c1-4-13(15(21)18-3)19(14(20)5-2)9-10-6-7-11(16)12(17)8-10/h6-8,13H,4-5,9H2,1-3H3,(H,18,21)/t13-/m1/s1. The van der Waals surface area contributed by atoms with Crippen molar-refractivity contribution in [2.45, 2.75) is 39.3 Å². The highest BCUT2D eigenvalue weighted by Gasteiger charge is 2.26. The lowest BCUT2D eigenvalue weighted by atomic mass is 10.1. The summed E-state index contributed by atoms with van der Waals surface area (Å²) in [6.07, 6.45) is 0.890. The van der Waals surface area contributed by atoms with Crippen LogP contribution in [0.3, 0.4) is 0 Å². The number of nitrogens with one attached hydrogen (secondary N) is 1. The fraction of sp³-hybridized carbons (Fsp3) is 0.467. The lowest BCUT2D eigenvalue weighted by Crippen LogP contribution is -2.48. The Morgan fingerprint density at radius 2 is 1.90 bits per heavy atom. The number of benzene rings is 1. The molecule has 0 aromatic heterocycles. The quantitative estimate of drug-likeness (QED) is 0.870. The van der Waals surface area contributed by atoms with E-state index < -0.39 is 6.04 Å². The molecule has 0 unspecified atom stereocenters. The summed E-state index contributed by atoms with van der Waals surface area (Å²) in [5.41, 5.74) is 0.841. The van der Waals surface area contributed by atoms with Crippen LogP contribution in [-0.2, 0) is 16.1 Å². The van der Waals surface area contributed by atoms with Crippen LogP contribution in [0.2, 0.25) is 10.0 Å². The number of carbonyl (C=O) groups excluding carboxylic acids is 2. The molecule has 0 saturated carbocycles. The molecular formula is C15H20Cl2N2O2. The Balaban J connectivity index is 3.04. The van der Waals surface area contributed by atoms with Gasteiger partial charge in [-0.1, -0.05) is 43.1 Å². The zero-order valence-corrected chi connectivity index (χ0v) is 14.0. The van der Waals surface area contributed by atoms with Crippen molar-refractivity contribution in [3.8, 4) is 0 Å². The van der Waals surface area contributed by atoms with E-state index in [0.717, 1.165) is 5.56 Å². The van der Waals surface area contributed by atoms with E-state index in [1.807, 2.05) is 6.92 Å². The van der Waals surface area contributed by atoms with E-state index in [0.29, 0.717) is 29.4 Å². The summed E-state index contributed by atoms with van der Waals surface area (Å²) in [7, 11) is 1.57. The Hall–Kier alpha value is -1.26. The van der Waals surface area contributed by atoms with Crippen LogP contribution in [-0.4, -0.2) is 29.8 Å². The number of amides is 2. The molecule has 0 radical (unpaired) electrons. The fourth-order valence-electron chi connectivity index (χ4n) is 2.12. The van der Waals surface area contributed by atoms with E-state index >= 15 is 0 Å². The van der Waals surface area contributed by atoms with Gasteiger partial charge in [-0.25, -0.2) is 0 Å². The number of halogens is 2. The normalized spacial score (nSPS) is 11.9. The molecule has 1 N–H and O–H groups in total. The molecule has 0 bridgehead atoms. The molecule has 6 heteroatoms. The van der Waals surface area contributed by atoms with E-state index in [4.69, 9.17) is 23.2 Å². The van der Waals surface area contributed by atoms with Crippen molar-refractivity contribution in [2.75, 3.05) is 7.05 Å². The van der Waals surface area contributed by atoms with Crippen LogP contribution in [0, 0.1) is 0 Å². The third-order valence-electron chi connectivity index (χ3n) is 3.27. The SMILES string of the molecule is CCC(=O)N(Cc1ccc(Cl)c(Cl)c1)[C@H](CC)C(=O)NC. The first-order chi connectivity index (χ1) is 9.94. The van der Waals surface area contributed by atoms with Gasteiger partial charge >= 0.3 is 0 Å². The number of hydrogen-bond acceptors (Lipinski definition) is 2. The second kappa shape index (κ2) is 8.25. The molecule has 2 amide bonds. The van der Waals surface area contributed by atoms with Gasteiger partial charge in [0.15, 0.2) is 0 Å². The number of rotatable bonds is 6. The molecule has 1 atom stereocenters. The van der Waals surface area contributed by atoms with Crippen LogP contribution in [0.4, 0.5) is 0 Å². The monoisotopic (exact) mass is 330 g/mol. The van der Waals surface area contributed by atoms with Crippen molar-refractivity contribution in [3.05, 3.63) is 33.8 Å². The number of carbonyl (C=O) groups is 2. The molecule has 1 aromatic rings. The van der Waals surface area contributed by atoms with Gasteiger partial charge in [0.05, 0.1) is 10.0 Å². The zero-order chi connectivity index (χ0) is 16.0. The Bertz CT molecular complexity index is 520.